The Morgan fingerprint density at radius 3 is 2.64 bits per heavy atom. The highest BCUT2D eigenvalue weighted by atomic mass is 16.2. The van der Waals surface area contributed by atoms with Gasteiger partial charge in [0.15, 0.2) is 0 Å². The van der Waals surface area contributed by atoms with Crippen molar-refractivity contribution in [2.45, 2.75) is 19.5 Å². The van der Waals surface area contributed by atoms with Crippen molar-refractivity contribution in [3.05, 3.63) is 82.9 Å². The van der Waals surface area contributed by atoms with Crippen LogP contribution >= 0.6 is 0 Å². The summed E-state index contributed by atoms with van der Waals surface area (Å²) in [5, 5.41) is 7.16. The van der Waals surface area contributed by atoms with Gasteiger partial charge in [-0.25, -0.2) is 4.68 Å². The van der Waals surface area contributed by atoms with Crippen LogP contribution in [0.4, 0.5) is 0 Å². The Morgan fingerprint density at radius 1 is 1.04 bits per heavy atom. The monoisotopic (exact) mass is 334 g/mol. The average molecular weight is 334 g/mol. The second-order valence-corrected chi connectivity index (χ2v) is 5.53. The molecule has 0 spiro atoms. The number of hydrogen-bond donors (Lipinski definition) is 1. The van der Waals surface area contributed by atoms with Gasteiger partial charge >= 0.3 is 0 Å². The molecule has 3 rings (SSSR count). The van der Waals surface area contributed by atoms with E-state index in [0.717, 1.165) is 11.1 Å². The quantitative estimate of drug-likeness (QED) is 0.748. The number of carbonyl (C=O) groups is 1. The van der Waals surface area contributed by atoms with Crippen LogP contribution in [0.5, 0.6) is 0 Å². The predicted octanol–water partition coefficient (Wildman–Crippen LogP) is 2.01. The molecule has 6 heteroatoms. The van der Waals surface area contributed by atoms with E-state index in [2.05, 4.69) is 15.4 Å². The fourth-order valence-electron chi connectivity index (χ4n) is 2.37. The van der Waals surface area contributed by atoms with Gasteiger partial charge in [-0.1, -0.05) is 36.4 Å². The van der Waals surface area contributed by atoms with Crippen molar-refractivity contribution in [3.8, 4) is 11.3 Å². The van der Waals surface area contributed by atoms with E-state index in [9.17, 15) is 9.59 Å². The minimum absolute atomic E-state index is 0.136. The fraction of sp³-hybridized carbons (Fsp3) is 0.158. The van der Waals surface area contributed by atoms with Gasteiger partial charge in [-0.2, -0.15) is 5.10 Å². The van der Waals surface area contributed by atoms with E-state index in [1.165, 1.54) is 10.7 Å². The van der Waals surface area contributed by atoms with Gasteiger partial charge in [-0.05, 0) is 17.7 Å². The molecule has 0 fully saturated rings. The van der Waals surface area contributed by atoms with Crippen LogP contribution < -0.4 is 10.9 Å². The molecule has 0 bridgehead atoms. The Balaban J connectivity index is 1.61. The van der Waals surface area contributed by atoms with Crippen LogP contribution in [0.2, 0.25) is 0 Å². The number of aromatic nitrogens is 3. The molecule has 1 N–H and O–H groups in total. The summed E-state index contributed by atoms with van der Waals surface area (Å²) in [6.45, 7) is 0.650. The van der Waals surface area contributed by atoms with Gasteiger partial charge in [0.25, 0.3) is 5.56 Å². The number of nitrogens with one attached hydrogen (secondary N) is 1. The Morgan fingerprint density at radius 2 is 1.88 bits per heavy atom. The van der Waals surface area contributed by atoms with Crippen LogP contribution in [0.1, 0.15) is 12.0 Å². The lowest BCUT2D eigenvalue weighted by Crippen LogP contribution is -2.28. The molecule has 25 heavy (non-hydrogen) atoms. The van der Waals surface area contributed by atoms with Gasteiger partial charge in [0.05, 0.1) is 12.2 Å². The van der Waals surface area contributed by atoms with Gasteiger partial charge in [-0.3, -0.25) is 14.6 Å². The summed E-state index contributed by atoms with van der Waals surface area (Å²) in [5.74, 6) is -0.136. The molecule has 1 aromatic carbocycles. The third kappa shape index (κ3) is 4.60. The molecule has 0 saturated heterocycles. The first-order chi connectivity index (χ1) is 12.2. The molecule has 0 aliphatic carbocycles. The van der Waals surface area contributed by atoms with Crippen LogP contribution in [0.15, 0.2) is 71.8 Å². The first-order valence-corrected chi connectivity index (χ1v) is 8.01. The van der Waals surface area contributed by atoms with Crippen LogP contribution in [0.3, 0.4) is 0 Å². The van der Waals surface area contributed by atoms with E-state index < -0.39 is 0 Å². The van der Waals surface area contributed by atoms with Gasteiger partial charge in [-0.15, -0.1) is 0 Å². The second kappa shape index (κ2) is 8.01. The number of aryl methyl sites for hydroxylation is 1. The minimum Gasteiger partial charge on any atom is -0.352 e. The van der Waals surface area contributed by atoms with Crippen LogP contribution in [-0.2, 0) is 17.9 Å². The number of hydrogen-bond acceptors (Lipinski definition) is 4. The third-order valence-electron chi connectivity index (χ3n) is 3.70. The number of nitrogens with zero attached hydrogens (tertiary/aromatic N) is 3. The summed E-state index contributed by atoms with van der Waals surface area (Å²) in [6.07, 6.45) is 3.57. The maximum atomic E-state index is 12.0. The Hall–Kier alpha value is -3.28. The number of rotatable bonds is 6. The lowest BCUT2D eigenvalue weighted by atomic mass is 10.1. The van der Waals surface area contributed by atoms with Gasteiger partial charge in [0.1, 0.15) is 0 Å². The highest BCUT2D eigenvalue weighted by Gasteiger charge is 2.06. The van der Waals surface area contributed by atoms with Gasteiger partial charge in [0.2, 0.25) is 5.91 Å². The number of pyridine rings is 1. The molecule has 0 radical (unpaired) electrons. The standard InChI is InChI=1S/C19H18N4O2/c24-18(21-14-15-5-4-11-20-13-15)10-12-23-19(25)9-8-17(22-23)16-6-2-1-3-7-16/h1-9,11,13H,10,12,14H2,(H,21,24). The molecule has 2 aromatic heterocycles. The van der Waals surface area contributed by atoms with E-state index in [0.29, 0.717) is 12.2 Å². The van der Waals surface area contributed by atoms with Crippen molar-refractivity contribution >= 4 is 5.91 Å². The van der Waals surface area contributed by atoms with Crippen molar-refractivity contribution in [3.63, 3.8) is 0 Å². The smallest absolute Gasteiger partial charge is 0.266 e. The summed E-state index contributed by atoms with van der Waals surface area (Å²) in [4.78, 5) is 27.9. The molecule has 0 atom stereocenters. The predicted molar refractivity (Wildman–Crippen MR) is 94.6 cm³/mol. The van der Waals surface area contributed by atoms with Crippen LogP contribution in [0, 0.1) is 0 Å². The normalized spacial score (nSPS) is 10.4. The lowest BCUT2D eigenvalue weighted by molar-refractivity contribution is -0.121. The molecule has 0 aliphatic heterocycles. The summed E-state index contributed by atoms with van der Waals surface area (Å²) in [7, 11) is 0. The second-order valence-electron chi connectivity index (χ2n) is 5.53. The van der Waals surface area contributed by atoms with Crippen molar-refractivity contribution in [2.75, 3.05) is 0 Å². The Labute approximate surface area is 145 Å². The maximum absolute atomic E-state index is 12.0. The highest BCUT2D eigenvalue weighted by Crippen LogP contribution is 2.13. The number of carbonyl (C=O) groups excluding carboxylic acids is 1. The highest BCUT2D eigenvalue weighted by molar-refractivity contribution is 5.75. The molecule has 0 aliphatic rings. The van der Waals surface area contributed by atoms with Crippen LogP contribution in [0.25, 0.3) is 11.3 Å². The molecule has 2 heterocycles. The summed E-state index contributed by atoms with van der Waals surface area (Å²) >= 11 is 0. The van der Waals surface area contributed by atoms with E-state index in [1.54, 1.807) is 18.5 Å². The average Bonchev–Trinajstić information content (AvgIpc) is 2.67. The number of benzene rings is 1. The van der Waals surface area contributed by atoms with Crippen molar-refractivity contribution < 1.29 is 4.79 Å². The zero-order valence-corrected chi connectivity index (χ0v) is 13.6. The SMILES string of the molecule is O=C(CCn1nc(-c2ccccc2)ccc1=O)NCc1cccnc1. The molecule has 1 amide bonds. The minimum atomic E-state index is -0.222. The van der Waals surface area contributed by atoms with Gasteiger partial charge in [0, 0.05) is 37.0 Å². The molecular weight excluding hydrogens is 316 g/mol. The Bertz CT molecular complexity index is 892. The zero-order chi connectivity index (χ0) is 17.5. The first-order valence-electron chi connectivity index (χ1n) is 8.01. The van der Waals surface area contributed by atoms with E-state index >= 15 is 0 Å². The van der Waals surface area contributed by atoms with Gasteiger partial charge < -0.3 is 5.32 Å². The Kier molecular flexibility index (Phi) is 5.31. The first kappa shape index (κ1) is 16.6. The zero-order valence-electron chi connectivity index (χ0n) is 13.6. The lowest BCUT2D eigenvalue weighted by Gasteiger charge is -2.08. The molecule has 0 saturated carbocycles. The van der Waals surface area contributed by atoms with E-state index in [1.807, 2.05) is 42.5 Å². The fourth-order valence-corrected chi connectivity index (χ4v) is 2.37. The van der Waals surface area contributed by atoms with Crippen molar-refractivity contribution in [2.24, 2.45) is 0 Å². The third-order valence-corrected chi connectivity index (χ3v) is 3.70. The maximum Gasteiger partial charge on any atom is 0.266 e. The molecule has 6 nitrogen and oxygen atoms in total. The van der Waals surface area contributed by atoms with E-state index in [4.69, 9.17) is 0 Å². The summed E-state index contributed by atoms with van der Waals surface area (Å²) in [5.41, 5.74) is 2.34. The molecule has 126 valence electrons. The van der Waals surface area contributed by atoms with E-state index in [-0.39, 0.29) is 24.4 Å². The largest absolute Gasteiger partial charge is 0.352 e. The van der Waals surface area contributed by atoms with Crippen LogP contribution in [-0.4, -0.2) is 20.7 Å². The molecular formula is C19H18N4O2. The summed E-state index contributed by atoms with van der Waals surface area (Å²) < 4.78 is 1.33. The molecule has 0 unspecified atom stereocenters. The summed E-state index contributed by atoms with van der Waals surface area (Å²) in [6, 6.07) is 16.5. The van der Waals surface area contributed by atoms with Crippen molar-refractivity contribution in [1.29, 1.82) is 0 Å². The number of amides is 1. The van der Waals surface area contributed by atoms with Crippen molar-refractivity contribution in [1.82, 2.24) is 20.1 Å². The topological polar surface area (TPSA) is 76.9 Å². The molecule has 3 aromatic rings.